The van der Waals surface area contributed by atoms with E-state index in [9.17, 15) is 18.4 Å². The second-order valence-electron chi connectivity index (χ2n) is 8.67. The minimum absolute atomic E-state index is 0.0726. The number of halogens is 2. The molecule has 8 heteroatoms. The molecule has 1 aromatic heterocycles. The Kier molecular flexibility index (Phi) is 8.60. The molecule has 0 aliphatic carbocycles. The first-order chi connectivity index (χ1) is 17.0. The van der Waals surface area contributed by atoms with Gasteiger partial charge >= 0.3 is 0 Å². The molecule has 4 rings (SSSR count). The van der Waals surface area contributed by atoms with Gasteiger partial charge in [-0.1, -0.05) is 30.3 Å². The maximum atomic E-state index is 13.5. The van der Waals surface area contributed by atoms with E-state index in [0.717, 1.165) is 23.3 Å². The molecule has 5 nitrogen and oxygen atoms in total. The normalized spacial score (nSPS) is 15.2. The lowest BCUT2D eigenvalue weighted by atomic mass is 10.1. The minimum atomic E-state index is -0.363. The molecule has 0 bridgehead atoms. The Morgan fingerprint density at radius 3 is 2.17 bits per heavy atom. The molecule has 0 spiro atoms. The standard InChI is InChI=1S/C27H28F2N2O3S/c28-22-9-5-20(6-10-22)15-26(32)31(17-24-3-1-13-34-24)19-27(33)30(18-25-4-2-14-35-25)16-21-7-11-23(29)12-8-21/h2,4-12,14,24H,1,3,13,15-19H2. The van der Waals surface area contributed by atoms with E-state index in [1.165, 1.54) is 24.3 Å². The molecule has 3 aromatic rings. The zero-order valence-corrected chi connectivity index (χ0v) is 20.2. The van der Waals surface area contributed by atoms with E-state index >= 15 is 0 Å². The molecule has 2 aromatic carbocycles. The van der Waals surface area contributed by atoms with Crippen molar-refractivity contribution in [2.45, 2.75) is 38.5 Å². The van der Waals surface area contributed by atoms with Crippen molar-refractivity contribution in [1.29, 1.82) is 0 Å². The smallest absolute Gasteiger partial charge is 0.242 e. The quantitative estimate of drug-likeness (QED) is 0.403. The zero-order chi connectivity index (χ0) is 24.6. The SMILES string of the molecule is O=C(CN(CC1CCCO1)C(=O)Cc1ccc(F)cc1)N(Cc1ccc(F)cc1)Cc1cccs1. The maximum Gasteiger partial charge on any atom is 0.242 e. The average molecular weight is 499 g/mol. The number of ether oxygens (including phenoxy) is 1. The number of hydrogen-bond donors (Lipinski definition) is 0. The van der Waals surface area contributed by atoms with E-state index in [-0.39, 0.29) is 42.5 Å². The Morgan fingerprint density at radius 2 is 1.57 bits per heavy atom. The van der Waals surface area contributed by atoms with Crippen LogP contribution in [0.1, 0.15) is 28.8 Å². The highest BCUT2D eigenvalue weighted by atomic mass is 32.1. The highest BCUT2D eigenvalue weighted by Crippen LogP contribution is 2.18. The zero-order valence-electron chi connectivity index (χ0n) is 19.4. The Bertz CT molecular complexity index is 1100. The van der Waals surface area contributed by atoms with Gasteiger partial charge in [-0.15, -0.1) is 11.3 Å². The van der Waals surface area contributed by atoms with Crippen LogP contribution in [0.3, 0.4) is 0 Å². The van der Waals surface area contributed by atoms with E-state index < -0.39 is 0 Å². The molecule has 1 fully saturated rings. The van der Waals surface area contributed by atoms with Crippen molar-refractivity contribution in [1.82, 2.24) is 9.80 Å². The average Bonchev–Trinajstić information content (AvgIpc) is 3.55. The molecule has 2 amide bonds. The predicted molar refractivity (Wildman–Crippen MR) is 131 cm³/mol. The summed E-state index contributed by atoms with van der Waals surface area (Å²) in [6.45, 7) is 1.58. The largest absolute Gasteiger partial charge is 0.376 e. The molecule has 184 valence electrons. The topological polar surface area (TPSA) is 49.9 Å². The molecule has 1 aliphatic heterocycles. The Balaban J connectivity index is 1.50. The number of rotatable bonds is 10. The summed E-state index contributed by atoms with van der Waals surface area (Å²) < 4.78 is 32.4. The van der Waals surface area contributed by atoms with Crippen molar-refractivity contribution < 1.29 is 23.1 Å². The van der Waals surface area contributed by atoms with Crippen molar-refractivity contribution >= 4 is 23.2 Å². The Morgan fingerprint density at radius 1 is 0.886 bits per heavy atom. The number of benzene rings is 2. The van der Waals surface area contributed by atoms with Crippen LogP contribution >= 0.6 is 11.3 Å². The van der Waals surface area contributed by atoms with E-state index in [1.807, 2.05) is 17.5 Å². The van der Waals surface area contributed by atoms with Crippen molar-refractivity contribution in [3.05, 3.63) is 93.7 Å². The van der Waals surface area contributed by atoms with Gasteiger partial charge in [0.25, 0.3) is 0 Å². The van der Waals surface area contributed by atoms with Gasteiger partial charge in [0.05, 0.1) is 25.6 Å². The van der Waals surface area contributed by atoms with Gasteiger partial charge in [-0.25, -0.2) is 8.78 Å². The number of nitrogens with zero attached hydrogens (tertiary/aromatic N) is 2. The van der Waals surface area contributed by atoms with Gasteiger partial charge < -0.3 is 14.5 Å². The number of hydrogen-bond acceptors (Lipinski definition) is 4. The summed E-state index contributed by atoms with van der Waals surface area (Å²) in [4.78, 5) is 31.0. The summed E-state index contributed by atoms with van der Waals surface area (Å²) in [7, 11) is 0. The summed E-state index contributed by atoms with van der Waals surface area (Å²) in [6, 6.07) is 15.8. The first-order valence-electron chi connectivity index (χ1n) is 11.6. The summed E-state index contributed by atoms with van der Waals surface area (Å²) in [6.07, 6.45) is 1.72. The second kappa shape index (κ2) is 12.0. The third-order valence-corrected chi connectivity index (χ3v) is 6.82. The second-order valence-corrected chi connectivity index (χ2v) is 9.70. The summed E-state index contributed by atoms with van der Waals surface area (Å²) in [5.74, 6) is -1.11. The van der Waals surface area contributed by atoms with Crippen LogP contribution in [0.5, 0.6) is 0 Å². The molecular formula is C27H28F2N2O3S. The molecule has 1 atom stereocenters. The fraction of sp³-hybridized carbons (Fsp3) is 0.333. The molecule has 2 heterocycles. The van der Waals surface area contributed by atoms with Gasteiger partial charge in [-0.05, 0) is 59.7 Å². The highest BCUT2D eigenvalue weighted by Gasteiger charge is 2.26. The van der Waals surface area contributed by atoms with Crippen LogP contribution in [0.15, 0.2) is 66.0 Å². The van der Waals surface area contributed by atoms with Crippen LogP contribution < -0.4 is 0 Å². The van der Waals surface area contributed by atoms with Gasteiger partial charge in [0, 0.05) is 24.6 Å². The lowest BCUT2D eigenvalue weighted by Gasteiger charge is -2.29. The fourth-order valence-corrected chi connectivity index (χ4v) is 4.79. The third-order valence-electron chi connectivity index (χ3n) is 5.96. The molecular weight excluding hydrogens is 470 g/mol. The van der Waals surface area contributed by atoms with E-state index in [4.69, 9.17) is 4.74 Å². The number of carbonyl (C=O) groups is 2. The first-order valence-corrected chi connectivity index (χ1v) is 12.5. The van der Waals surface area contributed by atoms with Crippen LogP contribution in [0.2, 0.25) is 0 Å². The number of amides is 2. The van der Waals surface area contributed by atoms with Gasteiger partial charge in [0.2, 0.25) is 11.8 Å². The predicted octanol–water partition coefficient (Wildman–Crippen LogP) is 4.81. The summed E-state index contributed by atoms with van der Waals surface area (Å²) in [5.41, 5.74) is 1.49. The van der Waals surface area contributed by atoms with Crippen molar-refractivity contribution in [3.8, 4) is 0 Å². The number of thiophene rings is 1. The summed E-state index contributed by atoms with van der Waals surface area (Å²) >= 11 is 1.55. The van der Waals surface area contributed by atoms with Gasteiger partial charge in [-0.2, -0.15) is 0 Å². The minimum Gasteiger partial charge on any atom is -0.376 e. The van der Waals surface area contributed by atoms with Crippen molar-refractivity contribution in [2.75, 3.05) is 19.7 Å². The van der Waals surface area contributed by atoms with E-state index in [0.29, 0.717) is 31.8 Å². The molecule has 1 saturated heterocycles. The van der Waals surface area contributed by atoms with Crippen LogP contribution in [-0.2, 0) is 33.8 Å². The van der Waals surface area contributed by atoms with Gasteiger partial charge in [-0.3, -0.25) is 9.59 Å². The number of carbonyl (C=O) groups excluding carboxylic acids is 2. The highest BCUT2D eigenvalue weighted by molar-refractivity contribution is 7.09. The first kappa shape index (κ1) is 25.0. The fourth-order valence-electron chi connectivity index (χ4n) is 4.07. The lowest BCUT2D eigenvalue weighted by Crippen LogP contribution is -2.45. The van der Waals surface area contributed by atoms with Crippen molar-refractivity contribution in [2.24, 2.45) is 0 Å². The van der Waals surface area contributed by atoms with Gasteiger partial charge in [0.15, 0.2) is 0 Å². The van der Waals surface area contributed by atoms with Crippen molar-refractivity contribution in [3.63, 3.8) is 0 Å². The molecule has 0 N–H and O–H groups in total. The molecule has 35 heavy (non-hydrogen) atoms. The maximum absolute atomic E-state index is 13.5. The third kappa shape index (κ3) is 7.44. The summed E-state index contributed by atoms with van der Waals surface area (Å²) in [5, 5.41) is 1.95. The molecule has 1 unspecified atom stereocenters. The van der Waals surface area contributed by atoms with E-state index in [1.54, 1.807) is 45.4 Å². The molecule has 0 saturated carbocycles. The Labute approximate surface area is 207 Å². The van der Waals surface area contributed by atoms with E-state index in [2.05, 4.69) is 0 Å². The van der Waals surface area contributed by atoms with Gasteiger partial charge in [0.1, 0.15) is 11.6 Å². The van der Waals surface area contributed by atoms with Crippen LogP contribution in [-0.4, -0.2) is 47.4 Å². The lowest BCUT2D eigenvalue weighted by molar-refractivity contribution is -0.142. The van der Waals surface area contributed by atoms with Crippen LogP contribution in [0.25, 0.3) is 0 Å². The van der Waals surface area contributed by atoms with Crippen LogP contribution in [0, 0.1) is 11.6 Å². The molecule has 0 radical (unpaired) electrons. The Hall–Kier alpha value is -3.10. The van der Waals surface area contributed by atoms with Crippen LogP contribution in [0.4, 0.5) is 8.78 Å². The molecule has 1 aliphatic rings. The monoisotopic (exact) mass is 498 g/mol.